The van der Waals surface area contributed by atoms with Crippen LogP contribution in [-0.2, 0) is 11.6 Å². The van der Waals surface area contributed by atoms with Crippen LogP contribution in [0.25, 0.3) is 0 Å². The molecule has 0 aliphatic heterocycles. The molecule has 0 spiro atoms. The van der Waals surface area contributed by atoms with Gasteiger partial charge in [-0.25, -0.2) is 0 Å². The first-order chi connectivity index (χ1) is 6.48. The third kappa shape index (κ3) is 1.25. The first-order valence-corrected chi connectivity index (χ1v) is 4.02. The zero-order valence-electron chi connectivity index (χ0n) is 7.02. The Bertz CT molecular complexity index is 395. The van der Waals surface area contributed by atoms with Crippen molar-refractivity contribution in [1.29, 1.82) is 5.26 Å². The average Bonchev–Trinajstić information content (AvgIpc) is 2.73. The van der Waals surface area contributed by atoms with Crippen molar-refractivity contribution >= 4 is 0 Å². The summed E-state index contributed by atoms with van der Waals surface area (Å²) in [5.74, 6) is 0. The van der Waals surface area contributed by atoms with E-state index < -0.39 is 17.3 Å². The molecule has 0 radical (unpaired) electrons. The van der Waals surface area contributed by atoms with Crippen LogP contribution in [-0.4, -0.2) is 10.2 Å². The van der Waals surface area contributed by atoms with Crippen LogP contribution in [0, 0.1) is 11.3 Å². The van der Waals surface area contributed by atoms with E-state index in [0.717, 1.165) is 6.07 Å². The van der Waals surface area contributed by atoms with Crippen LogP contribution >= 0.6 is 0 Å². The summed E-state index contributed by atoms with van der Waals surface area (Å²) in [7, 11) is 0. The second kappa shape index (κ2) is 2.50. The van der Waals surface area contributed by atoms with E-state index in [0.29, 0.717) is 12.8 Å². The summed E-state index contributed by atoms with van der Waals surface area (Å²) in [6.07, 6.45) is -3.24. The van der Waals surface area contributed by atoms with Crippen LogP contribution < -0.4 is 0 Å². The molecule has 1 aliphatic carbocycles. The summed E-state index contributed by atoms with van der Waals surface area (Å²) in [5, 5.41) is 14.2. The van der Waals surface area contributed by atoms with E-state index >= 15 is 0 Å². The number of hydrogen-bond acceptors (Lipinski definition) is 2. The summed E-state index contributed by atoms with van der Waals surface area (Å²) in [5.41, 5.74) is -1.43. The maximum Gasteiger partial charge on any atom is 0.435 e. The Balaban J connectivity index is 2.32. The molecule has 0 amide bonds. The van der Waals surface area contributed by atoms with Crippen molar-refractivity contribution in [2.24, 2.45) is 0 Å². The smallest absolute Gasteiger partial charge is 0.280 e. The third-order valence-corrected chi connectivity index (χ3v) is 2.35. The zero-order chi connectivity index (χ0) is 10.4. The molecule has 6 heteroatoms. The lowest BCUT2D eigenvalue weighted by atomic mass is 10.1. The van der Waals surface area contributed by atoms with Gasteiger partial charge in [0.05, 0.1) is 17.2 Å². The lowest BCUT2D eigenvalue weighted by Crippen LogP contribution is -2.05. The largest absolute Gasteiger partial charge is 0.435 e. The fraction of sp³-hybridized carbons (Fsp3) is 0.500. The second-order valence-electron chi connectivity index (χ2n) is 3.36. The summed E-state index contributed by atoms with van der Waals surface area (Å²) in [6, 6.07) is 2.91. The maximum absolute atomic E-state index is 12.1. The van der Waals surface area contributed by atoms with Gasteiger partial charge in [-0.2, -0.15) is 23.5 Å². The second-order valence-corrected chi connectivity index (χ2v) is 3.36. The predicted molar refractivity (Wildman–Crippen MR) is 40.1 cm³/mol. The molecule has 1 N–H and O–H groups in total. The fourth-order valence-electron chi connectivity index (χ4n) is 1.28. The molecule has 74 valence electrons. The molecule has 1 aliphatic rings. The SMILES string of the molecule is N#CC1(c2cc(C(F)(F)F)n[nH]2)CC1. The van der Waals surface area contributed by atoms with Gasteiger partial charge < -0.3 is 0 Å². The maximum atomic E-state index is 12.1. The van der Waals surface area contributed by atoms with E-state index in [4.69, 9.17) is 5.26 Å². The Kier molecular flexibility index (Phi) is 1.62. The molecule has 14 heavy (non-hydrogen) atoms. The van der Waals surface area contributed by atoms with Gasteiger partial charge in [0.15, 0.2) is 5.69 Å². The molecule has 0 saturated heterocycles. The summed E-state index contributed by atoms with van der Waals surface area (Å²) in [4.78, 5) is 0. The molecule has 1 fully saturated rings. The van der Waals surface area contributed by atoms with Gasteiger partial charge in [-0.05, 0) is 18.9 Å². The van der Waals surface area contributed by atoms with Crippen molar-refractivity contribution in [1.82, 2.24) is 10.2 Å². The van der Waals surface area contributed by atoms with Crippen molar-refractivity contribution in [3.63, 3.8) is 0 Å². The van der Waals surface area contributed by atoms with E-state index in [-0.39, 0.29) is 5.69 Å². The van der Waals surface area contributed by atoms with Gasteiger partial charge >= 0.3 is 6.18 Å². The minimum Gasteiger partial charge on any atom is -0.280 e. The predicted octanol–water partition coefficient (Wildman–Crippen LogP) is 1.98. The number of rotatable bonds is 1. The molecular formula is C8H6F3N3. The molecule has 0 atom stereocenters. The molecule has 1 aromatic rings. The van der Waals surface area contributed by atoms with Crippen molar-refractivity contribution in [2.75, 3.05) is 0 Å². The number of nitrogens with one attached hydrogen (secondary N) is 1. The highest BCUT2D eigenvalue weighted by molar-refractivity contribution is 5.34. The van der Waals surface area contributed by atoms with Crippen molar-refractivity contribution in [3.05, 3.63) is 17.5 Å². The first-order valence-electron chi connectivity index (χ1n) is 4.02. The van der Waals surface area contributed by atoms with Crippen molar-refractivity contribution in [3.8, 4) is 6.07 Å². The fourth-order valence-corrected chi connectivity index (χ4v) is 1.28. The minimum absolute atomic E-state index is 0.271. The minimum atomic E-state index is -4.44. The zero-order valence-corrected chi connectivity index (χ0v) is 7.02. The molecule has 0 unspecified atom stereocenters. The van der Waals surface area contributed by atoms with E-state index in [9.17, 15) is 13.2 Å². The number of nitriles is 1. The summed E-state index contributed by atoms with van der Waals surface area (Å²) < 4.78 is 36.4. The number of H-pyrrole nitrogens is 1. The summed E-state index contributed by atoms with van der Waals surface area (Å²) in [6.45, 7) is 0. The van der Waals surface area contributed by atoms with Crippen LogP contribution in [0.2, 0.25) is 0 Å². The molecular weight excluding hydrogens is 195 g/mol. The van der Waals surface area contributed by atoms with E-state index in [1.165, 1.54) is 0 Å². The van der Waals surface area contributed by atoms with Crippen LogP contribution in [0.3, 0.4) is 0 Å². The molecule has 1 heterocycles. The molecule has 2 rings (SSSR count). The van der Waals surface area contributed by atoms with Gasteiger partial charge in [-0.15, -0.1) is 0 Å². The average molecular weight is 201 g/mol. The van der Waals surface area contributed by atoms with Crippen LogP contribution in [0.15, 0.2) is 6.07 Å². The topological polar surface area (TPSA) is 52.5 Å². The number of aromatic nitrogens is 2. The van der Waals surface area contributed by atoms with Gasteiger partial charge in [-0.1, -0.05) is 0 Å². The quantitative estimate of drug-likeness (QED) is 0.755. The van der Waals surface area contributed by atoms with Crippen LogP contribution in [0.1, 0.15) is 24.2 Å². The highest BCUT2D eigenvalue weighted by Crippen LogP contribution is 2.47. The highest BCUT2D eigenvalue weighted by atomic mass is 19.4. The number of alkyl halides is 3. The van der Waals surface area contributed by atoms with E-state index in [2.05, 4.69) is 10.2 Å². The van der Waals surface area contributed by atoms with E-state index in [1.54, 1.807) is 0 Å². The highest BCUT2D eigenvalue weighted by Gasteiger charge is 2.48. The Labute approximate surface area is 77.5 Å². The molecule has 3 nitrogen and oxygen atoms in total. The van der Waals surface area contributed by atoms with Gasteiger partial charge in [0.25, 0.3) is 0 Å². The lowest BCUT2D eigenvalue weighted by Gasteiger charge is -2.00. The summed E-state index contributed by atoms with van der Waals surface area (Å²) >= 11 is 0. The molecule has 0 bridgehead atoms. The van der Waals surface area contributed by atoms with E-state index in [1.807, 2.05) is 6.07 Å². The first kappa shape index (κ1) is 9.06. The van der Waals surface area contributed by atoms with Gasteiger partial charge in [0.2, 0.25) is 0 Å². The molecule has 0 aromatic carbocycles. The van der Waals surface area contributed by atoms with Gasteiger partial charge in [-0.3, -0.25) is 5.10 Å². The van der Waals surface area contributed by atoms with Crippen molar-refractivity contribution < 1.29 is 13.2 Å². The van der Waals surface area contributed by atoms with Gasteiger partial charge in [0, 0.05) is 0 Å². The van der Waals surface area contributed by atoms with Gasteiger partial charge in [0.1, 0.15) is 0 Å². The number of aromatic amines is 1. The number of halogens is 3. The Morgan fingerprint density at radius 2 is 2.14 bits per heavy atom. The van der Waals surface area contributed by atoms with Crippen LogP contribution in [0.4, 0.5) is 13.2 Å². The van der Waals surface area contributed by atoms with Crippen LogP contribution in [0.5, 0.6) is 0 Å². The number of nitrogens with zero attached hydrogens (tertiary/aromatic N) is 2. The molecule has 1 aromatic heterocycles. The number of hydrogen-bond donors (Lipinski definition) is 1. The molecule has 1 saturated carbocycles. The Hall–Kier alpha value is -1.51. The lowest BCUT2D eigenvalue weighted by molar-refractivity contribution is -0.141. The monoisotopic (exact) mass is 201 g/mol. The van der Waals surface area contributed by atoms with Crippen molar-refractivity contribution in [2.45, 2.75) is 24.4 Å². The Morgan fingerprint density at radius 1 is 1.50 bits per heavy atom. The standard InChI is InChI=1S/C8H6F3N3/c9-8(10,11)6-3-5(13-14-6)7(4-12)1-2-7/h3H,1-2H2,(H,13,14). The third-order valence-electron chi connectivity index (χ3n) is 2.35. The Morgan fingerprint density at radius 3 is 2.50 bits per heavy atom. The normalized spacial score (nSPS) is 19.0.